The molecule has 1 atom stereocenters. The van der Waals surface area contributed by atoms with E-state index in [0.717, 1.165) is 18.8 Å². The third-order valence-electron chi connectivity index (χ3n) is 2.64. The quantitative estimate of drug-likeness (QED) is 0.676. The second-order valence-corrected chi connectivity index (χ2v) is 3.94. The van der Waals surface area contributed by atoms with Gasteiger partial charge in [-0.2, -0.15) is 0 Å². The number of rotatable bonds is 1. The summed E-state index contributed by atoms with van der Waals surface area (Å²) in [5.74, 6) is 1.03. The third-order valence-corrected chi connectivity index (χ3v) is 2.64. The van der Waals surface area contributed by atoms with Gasteiger partial charge < -0.3 is 9.64 Å². The molecule has 1 unspecified atom stereocenters. The average molecular weight is 191 g/mol. The van der Waals surface area contributed by atoms with Crippen LogP contribution in [0.2, 0.25) is 0 Å². The van der Waals surface area contributed by atoms with Crippen LogP contribution < -0.4 is 9.64 Å². The van der Waals surface area contributed by atoms with Crippen LogP contribution in [0.5, 0.6) is 5.75 Å². The predicted octanol–water partition coefficient (Wildman–Crippen LogP) is 2.60. The highest BCUT2D eigenvalue weighted by Crippen LogP contribution is 2.33. The van der Waals surface area contributed by atoms with E-state index in [1.54, 1.807) is 0 Å². The van der Waals surface area contributed by atoms with Crippen molar-refractivity contribution in [2.45, 2.75) is 26.9 Å². The fraction of sp³-hybridized carbons (Fsp3) is 0.500. The van der Waals surface area contributed by atoms with Gasteiger partial charge in [0.2, 0.25) is 0 Å². The Kier molecular flexibility index (Phi) is 2.36. The van der Waals surface area contributed by atoms with Crippen LogP contribution in [-0.2, 0) is 0 Å². The van der Waals surface area contributed by atoms with E-state index in [1.165, 1.54) is 11.3 Å². The fourth-order valence-electron chi connectivity index (χ4n) is 1.94. The number of aryl methyl sites for hydroxylation is 1. The van der Waals surface area contributed by atoms with E-state index in [1.807, 2.05) is 0 Å². The Morgan fingerprint density at radius 3 is 3.00 bits per heavy atom. The molecule has 1 aliphatic rings. The Morgan fingerprint density at radius 2 is 2.29 bits per heavy atom. The highest BCUT2D eigenvalue weighted by molar-refractivity contribution is 5.61. The average Bonchev–Trinajstić information content (AvgIpc) is 2.15. The van der Waals surface area contributed by atoms with Crippen molar-refractivity contribution in [2.24, 2.45) is 0 Å². The summed E-state index contributed by atoms with van der Waals surface area (Å²) in [6, 6.07) is 6.41. The Bertz CT molecular complexity index is 335. The summed E-state index contributed by atoms with van der Waals surface area (Å²) in [4.78, 5) is 2.36. The topological polar surface area (TPSA) is 12.5 Å². The van der Waals surface area contributed by atoms with Gasteiger partial charge in [0.1, 0.15) is 11.9 Å². The first kappa shape index (κ1) is 9.38. The fourth-order valence-corrected chi connectivity index (χ4v) is 1.94. The molecule has 1 heterocycles. The van der Waals surface area contributed by atoms with Crippen molar-refractivity contribution in [1.82, 2.24) is 0 Å². The molecule has 0 fully saturated rings. The lowest BCUT2D eigenvalue weighted by atomic mass is 10.1. The van der Waals surface area contributed by atoms with Crippen molar-refractivity contribution >= 4 is 5.69 Å². The lowest BCUT2D eigenvalue weighted by molar-refractivity contribution is 0.213. The molecule has 0 spiro atoms. The van der Waals surface area contributed by atoms with Gasteiger partial charge in [-0.1, -0.05) is 6.07 Å². The number of benzene rings is 1. The molecule has 0 N–H and O–H groups in total. The van der Waals surface area contributed by atoms with Crippen LogP contribution >= 0.6 is 0 Å². The van der Waals surface area contributed by atoms with E-state index in [-0.39, 0.29) is 0 Å². The first-order valence-corrected chi connectivity index (χ1v) is 5.23. The zero-order valence-corrected chi connectivity index (χ0v) is 9.08. The zero-order valence-electron chi connectivity index (χ0n) is 9.08. The Morgan fingerprint density at radius 1 is 1.50 bits per heavy atom. The first-order valence-electron chi connectivity index (χ1n) is 5.23. The number of hydrogen-bond acceptors (Lipinski definition) is 2. The van der Waals surface area contributed by atoms with Crippen molar-refractivity contribution in [1.29, 1.82) is 0 Å². The molecule has 2 nitrogen and oxygen atoms in total. The maximum Gasteiger partial charge on any atom is 0.143 e. The van der Waals surface area contributed by atoms with Gasteiger partial charge in [0.25, 0.3) is 0 Å². The lowest BCUT2D eigenvalue weighted by Gasteiger charge is -2.34. The van der Waals surface area contributed by atoms with E-state index < -0.39 is 0 Å². The molecule has 0 saturated heterocycles. The standard InChI is InChI=1S/C12H17NO/c1-4-13-8-10(3)14-12-7-9(2)5-6-11(12)13/h5-7,10H,4,8H2,1-3H3. The van der Waals surface area contributed by atoms with Crippen LogP contribution in [0.3, 0.4) is 0 Å². The highest BCUT2D eigenvalue weighted by Gasteiger charge is 2.21. The highest BCUT2D eigenvalue weighted by atomic mass is 16.5. The van der Waals surface area contributed by atoms with Crippen molar-refractivity contribution in [3.63, 3.8) is 0 Å². The second-order valence-electron chi connectivity index (χ2n) is 3.94. The largest absolute Gasteiger partial charge is 0.487 e. The molecule has 0 aliphatic carbocycles. The molecule has 0 saturated carbocycles. The smallest absolute Gasteiger partial charge is 0.143 e. The molecular weight excluding hydrogens is 174 g/mol. The minimum atomic E-state index is 0.296. The van der Waals surface area contributed by atoms with Gasteiger partial charge in [0.05, 0.1) is 12.2 Å². The van der Waals surface area contributed by atoms with Crippen LogP contribution in [0.15, 0.2) is 18.2 Å². The molecule has 1 aromatic carbocycles. The van der Waals surface area contributed by atoms with Crippen molar-refractivity contribution in [3.05, 3.63) is 23.8 Å². The van der Waals surface area contributed by atoms with E-state index in [2.05, 4.69) is 43.9 Å². The minimum absolute atomic E-state index is 0.296. The number of nitrogens with zero attached hydrogens (tertiary/aromatic N) is 1. The van der Waals surface area contributed by atoms with Gasteiger partial charge >= 0.3 is 0 Å². The van der Waals surface area contributed by atoms with Crippen molar-refractivity contribution < 1.29 is 4.74 Å². The lowest BCUT2D eigenvalue weighted by Crippen LogP contribution is -2.38. The van der Waals surface area contributed by atoms with Gasteiger partial charge in [0.15, 0.2) is 0 Å². The number of likely N-dealkylation sites (N-methyl/N-ethyl adjacent to an activating group) is 1. The van der Waals surface area contributed by atoms with Crippen LogP contribution in [0.4, 0.5) is 5.69 Å². The maximum atomic E-state index is 5.80. The SMILES string of the molecule is CCN1CC(C)Oc2cc(C)ccc21. The van der Waals surface area contributed by atoms with E-state index >= 15 is 0 Å². The molecular formula is C12H17NO. The Balaban J connectivity index is 2.40. The summed E-state index contributed by atoms with van der Waals surface area (Å²) in [7, 11) is 0. The number of ether oxygens (including phenoxy) is 1. The predicted molar refractivity (Wildman–Crippen MR) is 59.2 cm³/mol. The molecule has 0 radical (unpaired) electrons. The molecule has 1 aliphatic heterocycles. The van der Waals surface area contributed by atoms with Gasteiger partial charge in [-0.25, -0.2) is 0 Å². The zero-order chi connectivity index (χ0) is 10.1. The Labute approximate surface area is 85.5 Å². The molecule has 1 aromatic rings. The van der Waals surface area contributed by atoms with E-state index in [9.17, 15) is 0 Å². The molecule has 2 rings (SSSR count). The summed E-state index contributed by atoms with van der Waals surface area (Å²) in [5, 5.41) is 0. The van der Waals surface area contributed by atoms with Crippen molar-refractivity contribution in [2.75, 3.05) is 18.0 Å². The number of hydrogen-bond donors (Lipinski definition) is 0. The van der Waals surface area contributed by atoms with Gasteiger partial charge in [-0.3, -0.25) is 0 Å². The van der Waals surface area contributed by atoms with Crippen LogP contribution in [0.25, 0.3) is 0 Å². The van der Waals surface area contributed by atoms with Crippen molar-refractivity contribution in [3.8, 4) is 5.75 Å². The molecule has 0 aromatic heterocycles. The van der Waals surface area contributed by atoms with E-state index in [0.29, 0.717) is 6.10 Å². The maximum absolute atomic E-state index is 5.80. The first-order chi connectivity index (χ1) is 6.70. The summed E-state index contributed by atoms with van der Waals surface area (Å²) < 4.78 is 5.80. The molecule has 2 heteroatoms. The number of fused-ring (bicyclic) bond motifs is 1. The third kappa shape index (κ3) is 1.57. The Hall–Kier alpha value is -1.18. The monoisotopic (exact) mass is 191 g/mol. The summed E-state index contributed by atoms with van der Waals surface area (Å²) >= 11 is 0. The van der Waals surface area contributed by atoms with Crippen LogP contribution in [0, 0.1) is 6.92 Å². The number of anilines is 1. The van der Waals surface area contributed by atoms with Crippen LogP contribution in [-0.4, -0.2) is 19.2 Å². The molecule has 76 valence electrons. The second kappa shape index (κ2) is 3.52. The van der Waals surface area contributed by atoms with Gasteiger partial charge in [-0.05, 0) is 38.5 Å². The molecule has 14 heavy (non-hydrogen) atoms. The van der Waals surface area contributed by atoms with Crippen LogP contribution in [0.1, 0.15) is 19.4 Å². The van der Waals surface area contributed by atoms with Gasteiger partial charge in [0, 0.05) is 6.54 Å². The normalized spacial score (nSPS) is 20.2. The molecule has 0 bridgehead atoms. The van der Waals surface area contributed by atoms with E-state index in [4.69, 9.17) is 4.74 Å². The summed E-state index contributed by atoms with van der Waals surface area (Å²) in [6.07, 6.45) is 0.296. The molecule has 0 amide bonds. The van der Waals surface area contributed by atoms with Gasteiger partial charge in [-0.15, -0.1) is 0 Å². The summed E-state index contributed by atoms with van der Waals surface area (Å²) in [6.45, 7) is 8.44. The summed E-state index contributed by atoms with van der Waals surface area (Å²) in [5.41, 5.74) is 2.49. The minimum Gasteiger partial charge on any atom is -0.487 e.